The number of carbonyl (C=O) groups is 2. The summed E-state index contributed by atoms with van der Waals surface area (Å²) in [7, 11) is 0. The molecule has 1 aromatic carbocycles. The molecule has 0 saturated carbocycles. The van der Waals surface area contributed by atoms with E-state index in [-0.39, 0.29) is 11.9 Å². The zero-order chi connectivity index (χ0) is 12.8. The zero-order valence-corrected chi connectivity index (χ0v) is 10.2. The average molecular weight is 236 g/mol. The first-order valence-electron chi connectivity index (χ1n) is 5.44. The van der Waals surface area contributed by atoms with Crippen LogP contribution < -0.4 is 4.74 Å². The second-order valence-electron chi connectivity index (χ2n) is 4.11. The van der Waals surface area contributed by atoms with Crippen LogP contribution in [0.1, 0.15) is 31.1 Å². The maximum Gasteiger partial charge on any atom is 0.338 e. The summed E-state index contributed by atoms with van der Waals surface area (Å²) in [5.74, 6) is -0.0367. The number of benzene rings is 1. The van der Waals surface area contributed by atoms with Crippen molar-refractivity contribution in [2.24, 2.45) is 5.92 Å². The molecule has 0 unspecified atom stereocenters. The molecule has 17 heavy (non-hydrogen) atoms. The van der Waals surface area contributed by atoms with Crippen LogP contribution >= 0.6 is 0 Å². The van der Waals surface area contributed by atoms with Gasteiger partial charge in [-0.3, -0.25) is 4.79 Å². The highest BCUT2D eigenvalue weighted by Gasteiger charge is 2.08. The van der Waals surface area contributed by atoms with Crippen LogP contribution in [-0.2, 0) is 9.53 Å². The highest BCUT2D eigenvalue weighted by Crippen LogP contribution is 2.13. The van der Waals surface area contributed by atoms with E-state index < -0.39 is 0 Å². The molecule has 0 amide bonds. The molecule has 4 nitrogen and oxygen atoms in total. The number of ether oxygens (including phenoxy) is 2. The first-order chi connectivity index (χ1) is 7.99. The Morgan fingerprint density at radius 3 is 2.24 bits per heavy atom. The molecule has 1 rings (SSSR count). The summed E-state index contributed by atoms with van der Waals surface area (Å²) in [6, 6.07) is 6.27. The summed E-state index contributed by atoms with van der Waals surface area (Å²) in [6.07, 6.45) is 0. The Bertz CT molecular complexity index is 392. The molecule has 0 atom stereocenters. The third kappa shape index (κ3) is 4.68. The molecule has 0 heterocycles. The van der Waals surface area contributed by atoms with Crippen molar-refractivity contribution in [3.63, 3.8) is 0 Å². The quantitative estimate of drug-likeness (QED) is 0.595. The lowest BCUT2D eigenvalue weighted by molar-refractivity contribution is -0.131. The van der Waals surface area contributed by atoms with Crippen molar-refractivity contribution in [1.82, 2.24) is 0 Å². The molecule has 92 valence electrons. The van der Waals surface area contributed by atoms with E-state index in [0.717, 1.165) is 0 Å². The highest BCUT2D eigenvalue weighted by molar-refractivity contribution is 5.89. The minimum atomic E-state index is -0.389. The average Bonchev–Trinajstić information content (AvgIpc) is 2.26. The molecule has 0 bridgehead atoms. The van der Waals surface area contributed by atoms with Gasteiger partial charge >= 0.3 is 11.9 Å². The van der Waals surface area contributed by atoms with Crippen molar-refractivity contribution < 1.29 is 19.1 Å². The Hall–Kier alpha value is -1.84. The summed E-state index contributed by atoms with van der Waals surface area (Å²) in [5, 5.41) is 0. The SMILES string of the molecule is CC(=O)Oc1ccc(C(=O)OCC(C)C)cc1. The largest absolute Gasteiger partial charge is 0.462 e. The van der Waals surface area contributed by atoms with Crippen LogP contribution in [0.4, 0.5) is 0 Å². The molecule has 0 aromatic heterocycles. The molecule has 0 aliphatic rings. The topological polar surface area (TPSA) is 52.6 Å². The van der Waals surface area contributed by atoms with Gasteiger partial charge in [0.05, 0.1) is 12.2 Å². The Kier molecular flexibility index (Phi) is 4.69. The van der Waals surface area contributed by atoms with Gasteiger partial charge in [-0.05, 0) is 30.2 Å². The van der Waals surface area contributed by atoms with Gasteiger partial charge in [-0.25, -0.2) is 4.79 Å². The number of rotatable bonds is 4. The van der Waals surface area contributed by atoms with Gasteiger partial charge in [-0.2, -0.15) is 0 Å². The smallest absolute Gasteiger partial charge is 0.338 e. The zero-order valence-electron chi connectivity index (χ0n) is 10.2. The van der Waals surface area contributed by atoms with E-state index in [4.69, 9.17) is 9.47 Å². The minimum Gasteiger partial charge on any atom is -0.462 e. The standard InChI is InChI=1S/C13H16O4/c1-9(2)8-16-13(15)11-4-6-12(7-5-11)17-10(3)14/h4-7,9H,8H2,1-3H3. The normalized spacial score (nSPS) is 10.1. The molecule has 0 N–H and O–H groups in total. The predicted molar refractivity (Wildman–Crippen MR) is 62.9 cm³/mol. The first kappa shape index (κ1) is 13.2. The van der Waals surface area contributed by atoms with Crippen molar-refractivity contribution in [3.05, 3.63) is 29.8 Å². The van der Waals surface area contributed by atoms with Crippen molar-refractivity contribution in [3.8, 4) is 5.75 Å². The van der Waals surface area contributed by atoms with Crippen LogP contribution in [0.25, 0.3) is 0 Å². The van der Waals surface area contributed by atoms with E-state index >= 15 is 0 Å². The fourth-order valence-corrected chi connectivity index (χ4v) is 1.15. The lowest BCUT2D eigenvalue weighted by Crippen LogP contribution is -2.10. The molecular formula is C13H16O4. The summed E-state index contributed by atoms with van der Waals surface area (Å²) >= 11 is 0. The Balaban J connectivity index is 2.60. The van der Waals surface area contributed by atoms with Gasteiger partial charge < -0.3 is 9.47 Å². The second kappa shape index (κ2) is 6.03. The van der Waals surface area contributed by atoms with Gasteiger partial charge in [-0.15, -0.1) is 0 Å². The Morgan fingerprint density at radius 2 is 1.76 bits per heavy atom. The number of esters is 2. The van der Waals surface area contributed by atoms with Crippen LogP contribution in [0.15, 0.2) is 24.3 Å². The summed E-state index contributed by atoms with van der Waals surface area (Å²) in [4.78, 5) is 22.2. The minimum absolute atomic E-state index is 0.305. The van der Waals surface area contributed by atoms with Gasteiger partial charge in [0.15, 0.2) is 0 Å². The maximum atomic E-state index is 11.6. The maximum absolute atomic E-state index is 11.6. The molecule has 1 aromatic rings. The van der Waals surface area contributed by atoms with Crippen molar-refractivity contribution in [2.45, 2.75) is 20.8 Å². The molecule has 0 aliphatic heterocycles. The van der Waals surface area contributed by atoms with Crippen LogP contribution in [0.5, 0.6) is 5.75 Å². The molecular weight excluding hydrogens is 220 g/mol. The van der Waals surface area contributed by atoms with Crippen LogP contribution in [-0.4, -0.2) is 18.5 Å². The van der Waals surface area contributed by atoms with Gasteiger partial charge in [0.25, 0.3) is 0 Å². The predicted octanol–water partition coefficient (Wildman–Crippen LogP) is 2.42. The van der Waals surface area contributed by atoms with Gasteiger partial charge in [0.2, 0.25) is 0 Å². The molecule has 0 aliphatic carbocycles. The monoisotopic (exact) mass is 236 g/mol. The molecule has 4 heteroatoms. The number of hydrogen-bond donors (Lipinski definition) is 0. The molecule has 0 saturated heterocycles. The first-order valence-corrected chi connectivity index (χ1v) is 5.44. The van der Waals surface area contributed by atoms with E-state index in [1.165, 1.54) is 6.92 Å². The summed E-state index contributed by atoms with van der Waals surface area (Å²) in [6.45, 7) is 5.66. The van der Waals surface area contributed by atoms with E-state index in [0.29, 0.717) is 23.8 Å². The fraction of sp³-hybridized carbons (Fsp3) is 0.385. The number of hydrogen-bond acceptors (Lipinski definition) is 4. The Morgan fingerprint density at radius 1 is 1.18 bits per heavy atom. The third-order valence-electron chi connectivity index (χ3n) is 1.90. The van der Waals surface area contributed by atoms with Crippen molar-refractivity contribution in [2.75, 3.05) is 6.61 Å². The van der Waals surface area contributed by atoms with Crippen LogP contribution in [0.3, 0.4) is 0 Å². The second-order valence-corrected chi connectivity index (χ2v) is 4.11. The highest BCUT2D eigenvalue weighted by atomic mass is 16.5. The molecule has 0 radical (unpaired) electrons. The van der Waals surface area contributed by atoms with E-state index in [9.17, 15) is 9.59 Å². The van der Waals surface area contributed by atoms with E-state index in [1.807, 2.05) is 13.8 Å². The van der Waals surface area contributed by atoms with E-state index in [1.54, 1.807) is 24.3 Å². The van der Waals surface area contributed by atoms with Crippen molar-refractivity contribution >= 4 is 11.9 Å². The van der Waals surface area contributed by atoms with Gasteiger partial charge in [0.1, 0.15) is 5.75 Å². The summed E-state index contributed by atoms with van der Waals surface area (Å²) < 4.78 is 9.92. The molecule has 0 spiro atoms. The van der Waals surface area contributed by atoms with Crippen LogP contribution in [0.2, 0.25) is 0 Å². The fourth-order valence-electron chi connectivity index (χ4n) is 1.15. The third-order valence-corrected chi connectivity index (χ3v) is 1.90. The molecule has 0 fully saturated rings. The lowest BCUT2D eigenvalue weighted by atomic mass is 10.2. The van der Waals surface area contributed by atoms with Crippen molar-refractivity contribution in [1.29, 1.82) is 0 Å². The van der Waals surface area contributed by atoms with Gasteiger partial charge in [-0.1, -0.05) is 13.8 Å². The van der Waals surface area contributed by atoms with Crippen LogP contribution in [0, 0.1) is 5.92 Å². The van der Waals surface area contributed by atoms with E-state index in [2.05, 4.69) is 0 Å². The summed E-state index contributed by atoms with van der Waals surface area (Å²) in [5.41, 5.74) is 0.446. The number of carbonyl (C=O) groups excluding carboxylic acids is 2. The Labute approximate surface area is 101 Å². The lowest BCUT2D eigenvalue weighted by Gasteiger charge is -2.07. The van der Waals surface area contributed by atoms with Gasteiger partial charge in [0, 0.05) is 6.92 Å².